The number of nitrogens with one attached hydrogen (secondary N) is 2. The van der Waals surface area contributed by atoms with E-state index in [1.807, 2.05) is 0 Å². The summed E-state index contributed by atoms with van der Waals surface area (Å²) < 4.78 is 27.0. The molecular formula is C13H17N3O4S. The lowest BCUT2D eigenvalue weighted by atomic mass is 9.56. The quantitative estimate of drug-likeness (QED) is 0.621. The summed E-state index contributed by atoms with van der Waals surface area (Å²) in [6, 6.07) is 4.94. The number of nitro benzene ring substituents is 1. The molecule has 7 nitrogen and oxygen atoms in total. The standard InChI is InChI=1S/C13H17N3O4S/c17-16(18)11-1-3-12(4-2-11)21(19,20)15-7-10-5-6-13(10)8-14-9-13/h1-4,10,14-15H,5-9H2. The van der Waals surface area contributed by atoms with Gasteiger partial charge in [0.2, 0.25) is 10.0 Å². The highest BCUT2D eigenvalue weighted by Gasteiger charge is 2.50. The van der Waals surface area contributed by atoms with Crippen LogP contribution in [0.4, 0.5) is 5.69 Å². The predicted molar refractivity (Wildman–Crippen MR) is 76.3 cm³/mol. The van der Waals surface area contributed by atoms with Crippen molar-refractivity contribution in [3.8, 4) is 0 Å². The summed E-state index contributed by atoms with van der Waals surface area (Å²) in [5.41, 5.74) is 0.172. The van der Waals surface area contributed by atoms with Crippen LogP contribution in [-0.2, 0) is 10.0 Å². The van der Waals surface area contributed by atoms with Crippen molar-refractivity contribution in [2.24, 2.45) is 11.3 Å². The van der Waals surface area contributed by atoms with Crippen molar-refractivity contribution < 1.29 is 13.3 Å². The van der Waals surface area contributed by atoms with Gasteiger partial charge in [0.05, 0.1) is 9.82 Å². The molecule has 1 unspecified atom stereocenters. The lowest BCUT2D eigenvalue weighted by molar-refractivity contribution is -0.384. The largest absolute Gasteiger partial charge is 0.316 e. The molecule has 0 amide bonds. The monoisotopic (exact) mass is 311 g/mol. The minimum atomic E-state index is -3.60. The van der Waals surface area contributed by atoms with Crippen molar-refractivity contribution in [2.75, 3.05) is 19.6 Å². The number of nitro groups is 1. The molecule has 2 aliphatic rings. The van der Waals surface area contributed by atoms with E-state index in [9.17, 15) is 18.5 Å². The summed E-state index contributed by atoms with van der Waals surface area (Å²) in [5, 5.41) is 13.8. The molecule has 0 bridgehead atoms. The summed E-state index contributed by atoms with van der Waals surface area (Å²) in [6.45, 7) is 2.37. The molecule has 2 N–H and O–H groups in total. The Morgan fingerprint density at radius 2 is 2.00 bits per heavy atom. The molecule has 1 spiro atoms. The first kappa shape index (κ1) is 14.4. The normalized spacial score (nSPS) is 23.3. The van der Waals surface area contributed by atoms with Crippen LogP contribution >= 0.6 is 0 Å². The SMILES string of the molecule is O=[N+]([O-])c1ccc(S(=O)(=O)NCC2CCC23CNC3)cc1. The topological polar surface area (TPSA) is 101 Å². The highest BCUT2D eigenvalue weighted by molar-refractivity contribution is 7.89. The molecule has 2 fully saturated rings. The number of hydrogen-bond acceptors (Lipinski definition) is 5. The lowest BCUT2D eigenvalue weighted by Crippen LogP contribution is -2.64. The fourth-order valence-corrected chi connectivity index (χ4v) is 4.11. The van der Waals surface area contributed by atoms with Gasteiger partial charge in [0, 0.05) is 31.8 Å². The number of nitrogens with zero attached hydrogens (tertiary/aromatic N) is 1. The van der Waals surface area contributed by atoms with Crippen LogP contribution in [0.5, 0.6) is 0 Å². The number of non-ortho nitro benzene ring substituents is 1. The zero-order valence-electron chi connectivity index (χ0n) is 11.4. The summed E-state index contributed by atoms with van der Waals surface area (Å²) >= 11 is 0. The maximum absolute atomic E-state index is 12.2. The molecular weight excluding hydrogens is 294 g/mol. The van der Waals surface area contributed by atoms with Crippen molar-refractivity contribution in [3.05, 3.63) is 34.4 Å². The fraction of sp³-hybridized carbons (Fsp3) is 0.538. The minimum Gasteiger partial charge on any atom is -0.316 e. The van der Waals surface area contributed by atoms with Crippen molar-refractivity contribution in [1.29, 1.82) is 0 Å². The third-order valence-corrected chi connectivity index (χ3v) is 6.13. The van der Waals surface area contributed by atoms with Crippen LogP contribution in [0.3, 0.4) is 0 Å². The highest BCUT2D eigenvalue weighted by Crippen LogP contribution is 2.49. The molecule has 0 aromatic heterocycles. The first-order chi connectivity index (χ1) is 9.93. The molecule has 1 saturated heterocycles. The van der Waals surface area contributed by atoms with E-state index < -0.39 is 14.9 Å². The van der Waals surface area contributed by atoms with Crippen LogP contribution < -0.4 is 10.0 Å². The molecule has 1 saturated carbocycles. The molecule has 1 aliphatic heterocycles. The second-order valence-corrected chi connectivity index (χ2v) is 7.57. The van der Waals surface area contributed by atoms with E-state index in [1.165, 1.54) is 24.3 Å². The Labute approximate surface area is 122 Å². The van der Waals surface area contributed by atoms with E-state index in [0.29, 0.717) is 12.5 Å². The maximum atomic E-state index is 12.2. The molecule has 1 atom stereocenters. The van der Waals surface area contributed by atoms with Gasteiger partial charge in [0.1, 0.15) is 0 Å². The Hall–Kier alpha value is -1.51. The second kappa shape index (κ2) is 5.04. The summed E-state index contributed by atoms with van der Waals surface area (Å²) in [7, 11) is -3.60. The predicted octanol–water partition coefficient (Wildman–Crippen LogP) is 0.873. The fourth-order valence-electron chi connectivity index (χ4n) is 3.03. The van der Waals surface area contributed by atoms with Gasteiger partial charge in [0.15, 0.2) is 0 Å². The van der Waals surface area contributed by atoms with E-state index in [2.05, 4.69) is 10.0 Å². The van der Waals surface area contributed by atoms with Crippen LogP contribution in [-0.4, -0.2) is 33.0 Å². The Balaban J connectivity index is 1.65. The molecule has 114 valence electrons. The number of rotatable bonds is 5. The minimum absolute atomic E-state index is 0.0632. The smallest absolute Gasteiger partial charge is 0.269 e. The van der Waals surface area contributed by atoms with Gasteiger partial charge in [0.25, 0.3) is 5.69 Å². The molecule has 1 aliphatic carbocycles. The van der Waals surface area contributed by atoms with Gasteiger partial charge in [-0.05, 0) is 36.3 Å². The zero-order chi connectivity index (χ0) is 15.1. The van der Waals surface area contributed by atoms with Crippen molar-refractivity contribution in [3.63, 3.8) is 0 Å². The van der Waals surface area contributed by atoms with Crippen LogP contribution in [0.15, 0.2) is 29.2 Å². The third-order valence-electron chi connectivity index (χ3n) is 4.69. The van der Waals surface area contributed by atoms with Gasteiger partial charge in [-0.15, -0.1) is 0 Å². The van der Waals surface area contributed by atoms with E-state index in [4.69, 9.17) is 0 Å². The highest BCUT2D eigenvalue weighted by atomic mass is 32.2. The third kappa shape index (κ3) is 2.54. The molecule has 21 heavy (non-hydrogen) atoms. The molecule has 0 radical (unpaired) electrons. The molecule has 1 aromatic carbocycles. The van der Waals surface area contributed by atoms with Gasteiger partial charge in [-0.1, -0.05) is 0 Å². The van der Waals surface area contributed by atoms with Crippen LogP contribution in [0.1, 0.15) is 12.8 Å². The molecule has 1 aromatic rings. The van der Waals surface area contributed by atoms with Crippen molar-refractivity contribution >= 4 is 15.7 Å². The zero-order valence-corrected chi connectivity index (χ0v) is 12.2. The van der Waals surface area contributed by atoms with Crippen molar-refractivity contribution in [2.45, 2.75) is 17.7 Å². The first-order valence-corrected chi connectivity index (χ1v) is 8.36. The lowest BCUT2D eigenvalue weighted by Gasteiger charge is -2.56. The Morgan fingerprint density at radius 1 is 1.33 bits per heavy atom. The van der Waals surface area contributed by atoms with Gasteiger partial charge in [-0.25, -0.2) is 13.1 Å². The van der Waals surface area contributed by atoms with Gasteiger partial charge < -0.3 is 5.32 Å². The van der Waals surface area contributed by atoms with Crippen molar-refractivity contribution in [1.82, 2.24) is 10.0 Å². The second-order valence-electron chi connectivity index (χ2n) is 5.80. The van der Waals surface area contributed by atoms with Gasteiger partial charge >= 0.3 is 0 Å². The van der Waals surface area contributed by atoms with E-state index >= 15 is 0 Å². The number of benzene rings is 1. The van der Waals surface area contributed by atoms with Crippen LogP contribution in [0.2, 0.25) is 0 Å². The Kier molecular flexibility index (Phi) is 3.46. The summed E-state index contributed by atoms with van der Waals surface area (Å²) in [5.74, 6) is 0.381. The number of sulfonamides is 1. The Bertz CT molecular complexity index is 647. The Morgan fingerprint density at radius 3 is 2.43 bits per heavy atom. The molecule has 3 rings (SSSR count). The molecule has 8 heteroatoms. The summed E-state index contributed by atoms with van der Waals surface area (Å²) in [6.07, 6.45) is 2.20. The van der Waals surface area contributed by atoms with E-state index in [0.717, 1.165) is 25.9 Å². The maximum Gasteiger partial charge on any atom is 0.269 e. The summed E-state index contributed by atoms with van der Waals surface area (Å²) in [4.78, 5) is 10.1. The molecule has 1 heterocycles. The number of hydrogen-bond donors (Lipinski definition) is 2. The van der Waals surface area contributed by atoms with Crippen LogP contribution in [0, 0.1) is 21.4 Å². The van der Waals surface area contributed by atoms with E-state index in [1.54, 1.807) is 0 Å². The van der Waals surface area contributed by atoms with Gasteiger partial charge in [-0.2, -0.15) is 0 Å². The first-order valence-electron chi connectivity index (χ1n) is 6.88. The van der Waals surface area contributed by atoms with Gasteiger partial charge in [-0.3, -0.25) is 10.1 Å². The van der Waals surface area contributed by atoms with E-state index in [-0.39, 0.29) is 16.0 Å². The average molecular weight is 311 g/mol. The average Bonchev–Trinajstić information content (AvgIpc) is 2.36. The van der Waals surface area contributed by atoms with Crippen LogP contribution in [0.25, 0.3) is 0 Å².